The number of carbonyl (C=O) groups is 1. The molecule has 5 nitrogen and oxygen atoms in total. The summed E-state index contributed by atoms with van der Waals surface area (Å²) in [5.74, 6) is -0.306. The molecule has 0 aromatic heterocycles. The fourth-order valence-electron chi connectivity index (χ4n) is 4.16. The van der Waals surface area contributed by atoms with Crippen molar-refractivity contribution in [2.75, 3.05) is 13.1 Å². The maximum absolute atomic E-state index is 12.6. The summed E-state index contributed by atoms with van der Waals surface area (Å²) in [6.45, 7) is 7.82. The predicted molar refractivity (Wildman–Crippen MR) is 127 cm³/mol. The standard InChI is InChI=1S/C27H29F3N2O3/c1-25(2,3)21-8-4-20(5-9-21)24(33)12-15-32-16-13-26(14-17-32)18-23(31-35-26)19-6-10-22(11-7-19)34-27(28,29)30/h4-12,15,18,31H,13-14,16-17H2,1-3H3. The van der Waals surface area contributed by atoms with E-state index in [1.165, 1.54) is 17.7 Å². The fraction of sp³-hybridized carbons (Fsp3) is 0.370. The fourth-order valence-corrected chi connectivity index (χ4v) is 4.16. The molecule has 186 valence electrons. The van der Waals surface area contributed by atoms with Gasteiger partial charge in [0.05, 0.1) is 5.70 Å². The third-order valence-electron chi connectivity index (χ3n) is 6.29. The Bertz CT molecular complexity index is 1110. The monoisotopic (exact) mass is 486 g/mol. The van der Waals surface area contributed by atoms with Gasteiger partial charge in [0.25, 0.3) is 0 Å². The van der Waals surface area contributed by atoms with Crippen LogP contribution in [0, 0.1) is 0 Å². The van der Waals surface area contributed by atoms with Crippen LogP contribution in [0.15, 0.2) is 66.9 Å². The summed E-state index contributed by atoms with van der Waals surface area (Å²) in [7, 11) is 0. The van der Waals surface area contributed by atoms with Crippen LogP contribution in [-0.2, 0) is 10.3 Å². The number of benzene rings is 2. The van der Waals surface area contributed by atoms with Gasteiger partial charge in [-0.1, -0.05) is 45.0 Å². The van der Waals surface area contributed by atoms with Crippen LogP contribution in [-0.4, -0.2) is 35.7 Å². The normalized spacial score (nSPS) is 18.0. The van der Waals surface area contributed by atoms with E-state index in [2.05, 4.69) is 35.9 Å². The zero-order valence-electron chi connectivity index (χ0n) is 20.0. The number of ketones is 1. The molecule has 2 aliphatic heterocycles. The van der Waals surface area contributed by atoms with Crippen molar-refractivity contribution in [2.45, 2.75) is 51.0 Å². The van der Waals surface area contributed by atoms with Gasteiger partial charge < -0.3 is 9.64 Å². The number of alkyl halides is 3. The summed E-state index contributed by atoms with van der Waals surface area (Å²) >= 11 is 0. The first kappa shape index (κ1) is 24.9. The van der Waals surface area contributed by atoms with Crippen molar-refractivity contribution in [3.63, 3.8) is 0 Å². The molecule has 0 saturated carbocycles. The molecule has 2 aromatic carbocycles. The van der Waals surface area contributed by atoms with Gasteiger partial charge in [0.15, 0.2) is 5.78 Å². The smallest absolute Gasteiger partial charge is 0.406 e. The second kappa shape index (κ2) is 9.41. The van der Waals surface area contributed by atoms with E-state index < -0.39 is 12.0 Å². The second-order valence-corrected chi connectivity index (χ2v) is 9.94. The van der Waals surface area contributed by atoms with Gasteiger partial charge in [-0.3, -0.25) is 15.1 Å². The molecule has 4 rings (SSSR count). The highest BCUT2D eigenvalue weighted by Crippen LogP contribution is 2.35. The average Bonchev–Trinajstić information content (AvgIpc) is 3.21. The molecule has 35 heavy (non-hydrogen) atoms. The molecule has 0 aliphatic carbocycles. The molecule has 8 heteroatoms. The van der Waals surface area contributed by atoms with Crippen molar-refractivity contribution in [1.82, 2.24) is 10.4 Å². The third-order valence-corrected chi connectivity index (χ3v) is 6.29. The van der Waals surface area contributed by atoms with Crippen molar-refractivity contribution in [1.29, 1.82) is 0 Å². The van der Waals surface area contributed by atoms with E-state index in [1.54, 1.807) is 18.2 Å². The highest BCUT2D eigenvalue weighted by atomic mass is 19.4. The van der Waals surface area contributed by atoms with Gasteiger partial charge in [0.1, 0.15) is 11.4 Å². The Morgan fingerprint density at radius 1 is 1.03 bits per heavy atom. The van der Waals surface area contributed by atoms with E-state index in [9.17, 15) is 18.0 Å². The van der Waals surface area contributed by atoms with Crippen molar-refractivity contribution in [2.24, 2.45) is 0 Å². The molecule has 2 heterocycles. The quantitative estimate of drug-likeness (QED) is 0.416. The minimum Gasteiger partial charge on any atom is -0.406 e. The van der Waals surface area contributed by atoms with Crippen LogP contribution in [0.4, 0.5) is 13.2 Å². The number of halogens is 3. The highest BCUT2D eigenvalue weighted by Gasteiger charge is 2.38. The number of allylic oxidation sites excluding steroid dienone is 1. The molecule has 2 aromatic rings. The van der Waals surface area contributed by atoms with Crippen LogP contribution in [0.2, 0.25) is 0 Å². The zero-order chi connectivity index (χ0) is 25.3. The number of carbonyl (C=O) groups excluding carboxylic acids is 1. The highest BCUT2D eigenvalue weighted by molar-refractivity contribution is 6.04. The van der Waals surface area contributed by atoms with Gasteiger partial charge in [-0.15, -0.1) is 13.2 Å². The van der Waals surface area contributed by atoms with E-state index in [4.69, 9.17) is 4.84 Å². The minimum atomic E-state index is -4.72. The molecule has 1 spiro atoms. The predicted octanol–water partition coefficient (Wildman–Crippen LogP) is 5.99. The Labute approximate surface area is 203 Å². The zero-order valence-corrected chi connectivity index (χ0v) is 20.0. The van der Waals surface area contributed by atoms with Crippen LogP contribution in [0.25, 0.3) is 5.70 Å². The van der Waals surface area contributed by atoms with Crippen LogP contribution in [0.5, 0.6) is 5.75 Å². The molecule has 1 fully saturated rings. The van der Waals surface area contributed by atoms with E-state index in [1.807, 2.05) is 36.5 Å². The number of hydrogen-bond acceptors (Lipinski definition) is 5. The van der Waals surface area contributed by atoms with Crippen LogP contribution in [0.3, 0.4) is 0 Å². The van der Waals surface area contributed by atoms with Gasteiger partial charge in [0, 0.05) is 43.8 Å². The van der Waals surface area contributed by atoms with Gasteiger partial charge in [0.2, 0.25) is 0 Å². The molecule has 0 amide bonds. The van der Waals surface area contributed by atoms with Gasteiger partial charge in [-0.2, -0.15) is 0 Å². The van der Waals surface area contributed by atoms with Crippen molar-refractivity contribution in [3.05, 3.63) is 83.6 Å². The maximum atomic E-state index is 12.6. The Morgan fingerprint density at radius 3 is 2.23 bits per heavy atom. The van der Waals surface area contributed by atoms with E-state index in [0.29, 0.717) is 42.8 Å². The minimum absolute atomic E-state index is 0.0374. The number of ether oxygens (including phenoxy) is 1. The molecule has 0 bridgehead atoms. The third kappa shape index (κ3) is 6.25. The van der Waals surface area contributed by atoms with Gasteiger partial charge in [-0.25, -0.2) is 0 Å². The lowest BCUT2D eigenvalue weighted by atomic mass is 9.86. The van der Waals surface area contributed by atoms with Crippen molar-refractivity contribution < 1.29 is 27.5 Å². The summed E-state index contributed by atoms with van der Waals surface area (Å²) in [5, 5.41) is 0. The van der Waals surface area contributed by atoms with Crippen LogP contribution in [0.1, 0.15) is 55.1 Å². The number of hydrogen-bond donors (Lipinski definition) is 1. The Balaban J connectivity index is 1.33. The SMILES string of the molecule is CC(C)(C)c1ccc(C(=O)C=CN2CCC3(C=C(c4ccc(OC(F)(F)F)cc4)NO3)CC2)cc1. The Hall–Kier alpha value is -3.26. The summed E-state index contributed by atoms with van der Waals surface area (Å²) in [6, 6.07) is 13.4. The number of nitrogens with one attached hydrogen (secondary N) is 1. The maximum Gasteiger partial charge on any atom is 0.573 e. The summed E-state index contributed by atoms with van der Waals surface area (Å²) in [6.07, 6.45) is 2.11. The van der Waals surface area contributed by atoms with Crippen LogP contribution < -0.4 is 10.2 Å². The van der Waals surface area contributed by atoms with Gasteiger partial charge in [-0.05, 0) is 46.9 Å². The summed E-state index contributed by atoms with van der Waals surface area (Å²) < 4.78 is 41.0. The Morgan fingerprint density at radius 2 is 1.66 bits per heavy atom. The number of likely N-dealkylation sites (tertiary alicyclic amines) is 1. The lowest BCUT2D eigenvalue weighted by Crippen LogP contribution is -2.42. The van der Waals surface area contributed by atoms with E-state index in [0.717, 1.165) is 0 Å². The topological polar surface area (TPSA) is 50.8 Å². The van der Waals surface area contributed by atoms with E-state index >= 15 is 0 Å². The Kier molecular flexibility index (Phi) is 6.68. The molecule has 1 N–H and O–H groups in total. The molecule has 0 unspecified atom stereocenters. The largest absolute Gasteiger partial charge is 0.573 e. The number of rotatable bonds is 5. The number of nitrogens with zero attached hydrogens (tertiary/aromatic N) is 1. The van der Waals surface area contributed by atoms with Crippen molar-refractivity contribution in [3.8, 4) is 5.75 Å². The number of hydroxylamine groups is 1. The van der Waals surface area contributed by atoms with E-state index in [-0.39, 0.29) is 16.9 Å². The van der Waals surface area contributed by atoms with Crippen LogP contribution >= 0.6 is 0 Å². The summed E-state index contributed by atoms with van der Waals surface area (Å²) in [4.78, 5) is 20.5. The lowest BCUT2D eigenvalue weighted by molar-refractivity contribution is -0.274. The molecule has 1 saturated heterocycles. The molecule has 2 aliphatic rings. The van der Waals surface area contributed by atoms with Crippen molar-refractivity contribution >= 4 is 11.5 Å². The molecular weight excluding hydrogens is 457 g/mol. The second-order valence-electron chi connectivity index (χ2n) is 9.94. The first-order valence-corrected chi connectivity index (χ1v) is 11.5. The lowest BCUT2D eigenvalue weighted by Gasteiger charge is -2.36. The first-order valence-electron chi connectivity index (χ1n) is 11.5. The molecular formula is C27H29F3N2O3. The van der Waals surface area contributed by atoms with Gasteiger partial charge >= 0.3 is 6.36 Å². The average molecular weight is 487 g/mol. The number of piperidine rings is 1. The first-order chi connectivity index (χ1) is 16.4. The molecule has 0 atom stereocenters. The summed E-state index contributed by atoms with van der Waals surface area (Å²) in [5.41, 5.74) is 5.72. The molecule has 0 radical (unpaired) electrons.